The van der Waals surface area contributed by atoms with Gasteiger partial charge in [0.2, 0.25) is 0 Å². The molecule has 3 aromatic carbocycles. The molecule has 0 saturated carbocycles. The quantitative estimate of drug-likeness (QED) is 0.717. The molecule has 0 aliphatic carbocycles. The fourth-order valence-corrected chi connectivity index (χ4v) is 2.18. The van der Waals surface area contributed by atoms with Gasteiger partial charge in [-0.05, 0) is 36.4 Å². The molecule has 0 bridgehead atoms. The summed E-state index contributed by atoms with van der Waals surface area (Å²) in [7, 11) is 0. The molecular weight excluding hydrogens is 270 g/mol. The molecule has 0 amide bonds. The number of anilines is 3. The normalized spacial score (nSPS) is 9.55. The van der Waals surface area contributed by atoms with Gasteiger partial charge < -0.3 is 16.4 Å². The molecule has 3 heteroatoms. The highest BCUT2D eigenvalue weighted by Gasteiger charge is 2.10. The predicted molar refractivity (Wildman–Crippen MR) is 94.4 cm³/mol. The average Bonchev–Trinajstić information content (AvgIpc) is 2.59. The first-order chi connectivity index (χ1) is 10.9. The Balaban J connectivity index is 0.000000545. The van der Waals surface area contributed by atoms with E-state index < -0.39 is 0 Å². The van der Waals surface area contributed by atoms with Gasteiger partial charge in [-0.1, -0.05) is 54.6 Å². The van der Waals surface area contributed by atoms with Crippen LogP contribution in [0.25, 0.3) is 0 Å². The van der Waals surface area contributed by atoms with E-state index in [1.165, 1.54) is 17.1 Å². The van der Waals surface area contributed by atoms with E-state index in [1.807, 2.05) is 18.2 Å². The largest absolute Gasteiger partial charge is 0.319 e. The second-order valence-electron chi connectivity index (χ2n) is 4.58. The third-order valence-corrected chi connectivity index (χ3v) is 3.04. The average molecular weight is 291 g/mol. The first-order valence-electron chi connectivity index (χ1n) is 7.22. The van der Waals surface area contributed by atoms with Crippen molar-refractivity contribution >= 4 is 17.1 Å². The molecule has 3 rings (SSSR count). The van der Waals surface area contributed by atoms with Gasteiger partial charge in [0, 0.05) is 23.7 Å². The lowest BCUT2D eigenvalue weighted by atomic mass is 10.2. The first-order valence-corrected chi connectivity index (χ1v) is 7.22. The summed E-state index contributed by atoms with van der Waals surface area (Å²) in [5, 5.41) is 0. The maximum atomic E-state index is 4.62. The van der Waals surface area contributed by atoms with Crippen LogP contribution >= 0.6 is 0 Å². The summed E-state index contributed by atoms with van der Waals surface area (Å²) in [5.74, 6) is 0. The third-order valence-electron chi connectivity index (χ3n) is 3.04. The summed E-state index contributed by atoms with van der Waals surface area (Å²) >= 11 is 0. The molecular formula is C19H21N3. The van der Waals surface area contributed by atoms with Crippen LogP contribution in [0.3, 0.4) is 0 Å². The Morgan fingerprint density at radius 1 is 0.500 bits per heavy atom. The molecule has 0 spiro atoms. The van der Waals surface area contributed by atoms with Crippen LogP contribution in [0.4, 0.5) is 17.1 Å². The summed E-state index contributed by atoms with van der Waals surface area (Å²) in [6, 6.07) is 31.3. The molecule has 3 aromatic rings. The van der Waals surface area contributed by atoms with Crippen molar-refractivity contribution in [1.29, 1.82) is 0 Å². The molecule has 22 heavy (non-hydrogen) atoms. The molecule has 0 saturated heterocycles. The molecule has 0 radical (unpaired) electrons. The number of nitrogens with two attached hydrogens (primary N) is 2. The lowest BCUT2D eigenvalue weighted by Gasteiger charge is -2.25. The van der Waals surface area contributed by atoms with Crippen LogP contribution in [-0.2, 0) is 0 Å². The SMILES string of the molecule is NCN.c1ccc(N(c2ccccc2)c2ccccc2)cc1. The van der Waals surface area contributed by atoms with Gasteiger partial charge in [-0.25, -0.2) is 0 Å². The van der Waals surface area contributed by atoms with Crippen LogP contribution in [0.1, 0.15) is 0 Å². The highest BCUT2D eigenvalue weighted by atomic mass is 15.1. The maximum absolute atomic E-state index is 4.62. The number of hydrogen-bond donors (Lipinski definition) is 2. The maximum Gasteiger partial charge on any atom is 0.0461 e. The zero-order valence-corrected chi connectivity index (χ0v) is 12.5. The molecule has 3 nitrogen and oxygen atoms in total. The molecule has 0 fully saturated rings. The zero-order valence-electron chi connectivity index (χ0n) is 12.5. The van der Waals surface area contributed by atoms with Gasteiger partial charge in [0.1, 0.15) is 0 Å². The summed E-state index contributed by atoms with van der Waals surface area (Å²) in [5.41, 5.74) is 12.7. The monoisotopic (exact) mass is 291 g/mol. The molecule has 0 aliphatic heterocycles. The van der Waals surface area contributed by atoms with E-state index in [-0.39, 0.29) is 6.67 Å². The molecule has 112 valence electrons. The van der Waals surface area contributed by atoms with Crippen molar-refractivity contribution in [3.05, 3.63) is 91.0 Å². The minimum absolute atomic E-state index is 0.250. The Morgan fingerprint density at radius 3 is 0.955 bits per heavy atom. The van der Waals surface area contributed by atoms with E-state index in [4.69, 9.17) is 0 Å². The Bertz CT molecular complexity index is 545. The minimum atomic E-state index is 0.250. The van der Waals surface area contributed by atoms with Crippen LogP contribution in [0, 0.1) is 0 Å². The molecule has 0 aromatic heterocycles. The van der Waals surface area contributed by atoms with Crippen molar-refractivity contribution in [1.82, 2.24) is 0 Å². The molecule has 0 heterocycles. The topological polar surface area (TPSA) is 55.3 Å². The summed E-state index contributed by atoms with van der Waals surface area (Å²) in [6.45, 7) is 0.250. The Kier molecular flexibility index (Phi) is 6.18. The standard InChI is InChI=1S/C18H15N.CH6N2/c1-4-10-16(11-5-1)19(17-12-6-2-7-13-17)18-14-8-3-9-15-18;2-1-3/h1-15H;1-3H2. The van der Waals surface area contributed by atoms with Gasteiger partial charge in [0.05, 0.1) is 0 Å². The minimum Gasteiger partial charge on any atom is -0.319 e. The van der Waals surface area contributed by atoms with Crippen molar-refractivity contribution in [3.8, 4) is 0 Å². The van der Waals surface area contributed by atoms with Crippen LogP contribution in [-0.4, -0.2) is 6.67 Å². The van der Waals surface area contributed by atoms with E-state index in [0.717, 1.165) is 0 Å². The van der Waals surface area contributed by atoms with E-state index in [2.05, 4.69) is 89.2 Å². The van der Waals surface area contributed by atoms with Crippen LogP contribution in [0.2, 0.25) is 0 Å². The van der Waals surface area contributed by atoms with Crippen molar-refractivity contribution in [2.75, 3.05) is 11.6 Å². The highest BCUT2D eigenvalue weighted by Crippen LogP contribution is 2.33. The fourth-order valence-electron chi connectivity index (χ4n) is 2.18. The van der Waals surface area contributed by atoms with Crippen molar-refractivity contribution in [3.63, 3.8) is 0 Å². The summed E-state index contributed by atoms with van der Waals surface area (Å²) in [4.78, 5) is 2.25. The smallest absolute Gasteiger partial charge is 0.0461 e. The van der Waals surface area contributed by atoms with Crippen LogP contribution < -0.4 is 16.4 Å². The lowest BCUT2D eigenvalue weighted by Crippen LogP contribution is -2.09. The summed E-state index contributed by atoms with van der Waals surface area (Å²) < 4.78 is 0. The number of para-hydroxylation sites is 3. The second kappa shape index (κ2) is 8.62. The lowest BCUT2D eigenvalue weighted by molar-refractivity contribution is 1.07. The first kappa shape index (κ1) is 15.8. The van der Waals surface area contributed by atoms with Crippen molar-refractivity contribution in [2.24, 2.45) is 11.5 Å². The Hall–Kier alpha value is -2.62. The second-order valence-corrected chi connectivity index (χ2v) is 4.58. The van der Waals surface area contributed by atoms with E-state index in [0.29, 0.717) is 0 Å². The molecule has 0 unspecified atom stereocenters. The number of hydrogen-bond acceptors (Lipinski definition) is 3. The van der Waals surface area contributed by atoms with Gasteiger partial charge >= 0.3 is 0 Å². The van der Waals surface area contributed by atoms with Gasteiger partial charge in [0.25, 0.3) is 0 Å². The van der Waals surface area contributed by atoms with Gasteiger partial charge in [-0.2, -0.15) is 0 Å². The fraction of sp³-hybridized carbons (Fsp3) is 0.0526. The third kappa shape index (κ3) is 4.19. The number of rotatable bonds is 3. The van der Waals surface area contributed by atoms with E-state index in [1.54, 1.807) is 0 Å². The Morgan fingerprint density at radius 2 is 0.727 bits per heavy atom. The Labute approximate surface area is 131 Å². The zero-order chi connectivity index (χ0) is 15.6. The van der Waals surface area contributed by atoms with E-state index in [9.17, 15) is 0 Å². The van der Waals surface area contributed by atoms with E-state index >= 15 is 0 Å². The molecule has 4 N–H and O–H groups in total. The van der Waals surface area contributed by atoms with Crippen LogP contribution in [0.5, 0.6) is 0 Å². The molecule has 0 atom stereocenters. The van der Waals surface area contributed by atoms with Gasteiger partial charge in [-0.3, -0.25) is 0 Å². The van der Waals surface area contributed by atoms with Crippen molar-refractivity contribution in [2.45, 2.75) is 0 Å². The number of nitrogens with zero attached hydrogens (tertiary/aromatic N) is 1. The van der Waals surface area contributed by atoms with Crippen LogP contribution in [0.15, 0.2) is 91.0 Å². The van der Waals surface area contributed by atoms with Gasteiger partial charge in [-0.15, -0.1) is 0 Å². The van der Waals surface area contributed by atoms with Gasteiger partial charge in [0.15, 0.2) is 0 Å². The number of benzene rings is 3. The highest BCUT2D eigenvalue weighted by molar-refractivity contribution is 5.76. The summed E-state index contributed by atoms with van der Waals surface area (Å²) in [6.07, 6.45) is 0. The predicted octanol–water partition coefficient (Wildman–Crippen LogP) is 4.02. The van der Waals surface area contributed by atoms with Crippen molar-refractivity contribution < 1.29 is 0 Å². The molecule has 0 aliphatic rings.